The molecular formula is C8H7FINO2. The van der Waals surface area contributed by atoms with Gasteiger partial charge in [0.25, 0.3) is 0 Å². The number of hydrogen-bond acceptors (Lipinski definition) is 3. The lowest BCUT2D eigenvalue weighted by molar-refractivity contribution is -0.139. The molecule has 1 rings (SSSR count). The third-order valence-electron chi connectivity index (χ3n) is 1.50. The maximum atomic E-state index is 13.1. The van der Waals surface area contributed by atoms with Gasteiger partial charge in [-0.3, -0.25) is 9.78 Å². The molecule has 0 aliphatic rings. The molecule has 0 unspecified atom stereocenters. The summed E-state index contributed by atoms with van der Waals surface area (Å²) in [5.41, 5.74) is 0.336. The molecule has 13 heavy (non-hydrogen) atoms. The molecule has 1 aromatic rings. The molecule has 0 fully saturated rings. The van der Waals surface area contributed by atoms with Crippen molar-refractivity contribution in [3.8, 4) is 0 Å². The molecule has 0 radical (unpaired) electrons. The van der Waals surface area contributed by atoms with E-state index in [2.05, 4.69) is 9.72 Å². The summed E-state index contributed by atoms with van der Waals surface area (Å²) in [6, 6.07) is 0. The maximum absolute atomic E-state index is 13.1. The van der Waals surface area contributed by atoms with Crippen LogP contribution in [0.3, 0.4) is 0 Å². The molecule has 0 aliphatic heterocycles. The summed E-state index contributed by atoms with van der Waals surface area (Å²) >= 11 is 1.93. The van der Waals surface area contributed by atoms with E-state index in [4.69, 9.17) is 0 Å². The minimum atomic E-state index is -0.475. The van der Waals surface area contributed by atoms with Crippen LogP contribution in [0.2, 0.25) is 0 Å². The molecule has 0 aliphatic carbocycles. The van der Waals surface area contributed by atoms with Gasteiger partial charge in [0.15, 0.2) is 0 Å². The van der Waals surface area contributed by atoms with Gasteiger partial charge in [0, 0.05) is 15.3 Å². The van der Waals surface area contributed by atoms with Crippen LogP contribution in [0.15, 0.2) is 12.4 Å². The van der Waals surface area contributed by atoms with Crippen molar-refractivity contribution >= 4 is 28.6 Å². The van der Waals surface area contributed by atoms with Gasteiger partial charge in [0.2, 0.25) is 0 Å². The Morgan fingerprint density at radius 3 is 2.92 bits per heavy atom. The van der Waals surface area contributed by atoms with Crippen LogP contribution in [0.25, 0.3) is 0 Å². The second-order valence-corrected chi connectivity index (χ2v) is 3.50. The molecule has 0 atom stereocenters. The van der Waals surface area contributed by atoms with Crippen molar-refractivity contribution in [1.29, 1.82) is 0 Å². The fraction of sp³-hybridized carbons (Fsp3) is 0.250. The Morgan fingerprint density at radius 2 is 2.38 bits per heavy atom. The number of rotatable bonds is 2. The van der Waals surface area contributed by atoms with Gasteiger partial charge >= 0.3 is 5.97 Å². The lowest BCUT2D eigenvalue weighted by Crippen LogP contribution is -2.08. The molecule has 0 bridgehead atoms. The van der Waals surface area contributed by atoms with E-state index in [1.807, 2.05) is 22.6 Å². The smallest absolute Gasteiger partial charge is 0.310 e. The number of carbonyl (C=O) groups excluding carboxylic acids is 1. The maximum Gasteiger partial charge on any atom is 0.310 e. The number of nitrogens with zero attached hydrogens (tertiary/aromatic N) is 1. The van der Waals surface area contributed by atoms with Crippen LogP contribution in [0.1, 0.15) is 5.56 Å². The summed E-state index contributed by atoms with van der Waals surface area (Å²) < 4.78 is 18.1. The summed E-state index contributed by atoms with van der Waals surface area (Å²) in [5, 5.41) is 0. The topological polar surface area (TPSA) is 39.2 Å². The summed E-state index contributed by atoms with van der Waals surface area (Å²) in [6.45, 7) is 0. The first-order valence-corrected chi connectivity index (χ1v) is 4.57. The van der Waals surface area contributed by atoms with E-state index in [0.29, 0.717) is 9.13 Å². The number of hydrogen-bond donors (Lipinski definition) is 0. The Kier molecular flexibility index (Phi) is 3.58. The first-order valence-electron chi connectivity index (χ1n) is 3.50. The predicted octanol–water partition coefficient (Wildman–Crippen LogP) is 1.54. The quantitative estimate of drug-likeness (QED) is 0.614. The third kappa shape index (κ3) is 2.61. The minimum Gasteiger partial charge on any atom is -0.469 e. The van der Waals surface area contributed by atoms with Crippen molar-refractivity contribution in [1.82, 2.24) is 4.98 Å². The van der Waals surface area contributed by atoms with E-state index in [0.717, 1.165) is 6.20 Å². The van der Waals surface area contributed by atoms with Gasteiger partial charge in [0.05, 0.1) is 19.7 Å². The number of pyridine rings is 1. The molecule has 0 amide bonds. The van der Waals surface area contributed by atoms with Crippen molar-refractivity contribution in [2.75, 3.05) is 7.11 Å². The van der Waals surface area contributed by atoms with E-state index in [1.165, 1.54) is 13.3 Å². The summed E-state index contributed by atoms with van der Waals surface area (Å²) in [6.07, 6.45) is 2.53. The van der Waals surface area contributed by atoms with E-state index in [-0.39, 0.29) is 6.42 Å². The fourth-order valence-electron chi connectivity index (χ4n) is 0.823. The van der Waals surface area contributed by atoms with E-state index >= 15 is 0 Å². The lowest BCUT2D eigenvalue weighted by atomic mass is 10.2. The van der Waals surface area contributed by atoms with Gasteiger partial charge in [-0.2, -0.15) is 0 Å². The fourth-order valence-corrected chi connectivity index (χ4v) is 1.43. The zero-order valence-corrected chi connectivity index (χ0v) is 9.04. The highest BCUT2D eigenvalue weighted by Gasteiger charge is 2.11. The second kappa shape index (κ2) is 4.50. The molecule has 70 valence electrons. The highest BCUT2D eigenvalue weighted by molar-refractivity contribution is 14.1. The molecule has 0 N–H and O–H groups in total. The van der Waals surface area contributed by atoms with Crippen molar-refractivity contribution in [3.63, 3.8) is 0 Å². The lowest BCUT2D eigenvalue weighted by Gasteiger charge is -2.03. The molecule has 0 aromatic carbocycles. The number of aromatic nitrogens is 1. The van der Waals surface area contributed by atoms with Crippen LogP contribution in [0, 0.1) is 9.39 Å². The minimum absolute atomic E-state index is 0.0525. The zero-order valence-electron chi connectivity index (χ0n) is 6.88. The summed E-state index contributed by atoms with van der Waals surface area (Å²) in [5.74, 6) is -0.930. The van der Waals surface area contributed by atoms with Gasteiger partial charge < -0.3 is 4.74 Å². The average Bonchev–Trinajstić information content (AvgIpc) is 2.11. The summed E-state index contributed by atoms with van der Waals surface area (Å²) in [4.78, 5) is 14.5. The number of esters is 1. The standard InChI is InChI=1S/C8H7FINO2/c1-13-8(12)2-5-6(9)3-11-4-7(5)10/h3-4H,2H2,1H3. The summed E-state index contributed by atoms with van der Waals surface area (Å²) in [7, 11) is 1.27. The largest absolute Gasteiger partial charge is 0.469 e. The third-order valence-corrected chi connectivity index (χ3v) is 2.43. The van der Waals surface area contributed by atoms with Gasteiger partial charge in [-0.15, -0.1) is 0 Å². The van der Waals surface area contributed by atoms with Crippen LogP contribution < -0.4 is 0 Å². The van der Waals surface area contributed by atoms with E-state index in [9.17, 15) is 9.18 Å². The van der Waals surface area contributed by atoms with Crippen LogP contribution >= 0.6 is 22.6 Å². The van der Waals surface area contributed by atoms with E-state index < -0.39 is 11.8 Å². The Hall–Kier alpha value is -0.720. The molecule has 1 heterocycles. The first kappa shape index (κ1) is 10.4. The molecule has 0 saturated heterocycles. The van der Waals surface area contributed by atoms with Crippen LogP contribution in [0.4, 0.5) is 4.39 Å². The first-order chi connectivity index (χ1) is 6.15. The Labute approximate surface area is 88.4 Å². The molecule has 5 heteroatoms. The van der Waals surface area contributed by atoms with Crippen molar-refractivity contribution in [2.45, 2.75) is 6.42 Å². The second-order valence-electron chi connectivity index (χ2n) is 2.33. The Bertz CT molecular complexity index is 310. The zero-order chi connectivity index (χ0) is 9.84. The Balaban J connectivity index is 2.93. The molecular weight excluding hydrogens is 288 g/mol. The number of methoxy groups -OCH3 is 1. The van der Waals surface area contributed by atoms with E-state index in [1.54, 1.807) is 0 Å². The monoisotopic (exact) mass is 295 g/mol. The predicted molar refractivity (Wildman–Crippen MR) is 52.6 cm³/mol. The van der Waals surface area contributed by atoms with Gasteiger partial charge in [0.1, 0.15) is 5.82 Å². The average molecular weight is 295 g/mol. The highest BCUT2D eigenvalue weighted by atomic mass is 127. The van der Waals surface area contributed by atoms with Gasteiger partial charge in [-0.25, -0.2) is 4.39 Å². The molecule has 3 nitrogen and oxygen atoms in total. The molecule has 0 spiro atoms. The van der Waals surface area contributed by atoms with Crippen LogP contribution in [0.5, 0.6) is 0 Å². The van der Waals surface area contributed by atoms with Crippen LogP contribution in [-0.2, 0) is 16.0 Å². The normalized spacial score (nSPS) is 9.77. The SMILES string of the molecule is COC(=O)Cc1c(F)cncc1I. The van der Waals surface area contributed by atoms with Crippen molar-refractivity contribution in [3.05, 3.63) is 27.3 Å². The van der Waals surface area contributed by atoms with Crippen LogP contribution in [-0.4, -0.2) is 18.1 Å². The van der Waals surface area contributed by atoms with Crippen molar-refractivity contribution < 1.29 is 13.9 Å². The van der Waals surface area contributed by atoms with Crippen molar-refractivity contribution in [2.24, 2.45) is 0 Å². The molecule has 1 aromatic heterocycles. The highest BCUT2D eigenvalue weighted by Crippen LogP contribution is 2.15. The Morgan fingerprint density at radius 1 is 1.69 bits per heavy atom. The van der Waals surface area contributed by atoms with Gasteiger partial charge in [-0.05, 0) is 22.6 Å². The molecule has 0 saturated carbocycles. The number of carbonyl (C=O) groups is 1. The number of halogens is 2. The van der Waals surface area contributed by atoms with Gasteiger partial charge in [-0.1, -0.05) is 0 Å². The number of ether oxygens (including phenoxy) is 1.